The van der Waals surface area contributed by atoms with Crippen LogP contribution in [0.25, 0.3) is 0 Å². The van der Waals surface area contributed by atoms with E-state index in [2.05, 4.69) is 4.98 Å². The number of halogens is 1. The number of nitrogens with two attached hydrogens (primary N) is 1. The number of hydrogen-bond acceptors (Lipinski definition) is 3. The lowest BCUT2D eigenvalue weighted by Gasteiger charge is -2.18. The van der Waals surface area contributed by atoms with Crippen LogP contribution < -0.4 is 10.5 Å². The number of aryl methyl sites for hydroxylation is 1. The van der Waals surface area contributed by atoms with Gasteiger partial charge in [-0.15, -0.1) is 0 Å². The molecular formula is C14H15FN2O. The van der Waals surface area contributed by atoms with Gasteiger partial charge in [0.1, 0.15) is 6.10 Å². The largest absolute Gasteiger partial charge is 0.481 e. The molecule has 0 aliphatic rings. The number of aromatic nitrogens is 1. The molecule has 0 bridgehead atoms. The summed E-state index contributed by atoms with van der Waals surface area (Å²) >= 11 is 0. The predicted octanol–water partition coefficient (Wildman–Crippen LogP) is 2.61. The first kappa shape index (κ1) is 12.5. The third-order valence-corrected chi connectivity index (χ3v) is 2.63. The van der Waals surface area contributed by atoms with Gasteiger partial charge in [-0.05, 0) is 30.7 Å². The van der Waals surface area contributed by atoms with E-state index in [0.717, 1.165) is 11.1 Å². The van der Waals surface area contributed by atoms with Crippen LogP contribution in [0.4, 0.5) is 4.39 Å². The van der Waals surface area contributed by atoms with Gasteiger partial charge in [0.15, 0.2) is 11.6 Å². The highest BCUT2D eigenvalue weighted by Gasteiger charge is 2.14. The van der Waals surface area contributed by atoms with Crippen LogP contribution in [0.2, 0.25) is 0 Å². The van der Waals surface area contributed by atoms with Gasteiger partial charge in [0.2, 0.25) is 0 Å². The molecule has 94 valence electrons. The van der Waals surface area contributed by atoms with E-state index in [1.165, 1.54) is 6.07 Å². The Morgan fingerprint density at radius 3 is 2.89 bits per heavy atom. The average Bonchev–Trinajstić information content (AvgIpc) is 2.41. The first-order valence-corrected chi connectivity index (χ1v) is 5.73. The summed E-state index contributed by atoms with van der Waals surface area (Å²) in [7, 11) is 0. The fraction of sp³-hybridized carbons (Fsp3) is 0.214. The third kappa shape index (κ3) is 2.84. The van der Waals surface area contributed by atoms with E-state index in [1.54, 1.807) is 30.6 Å². The van der Waals surface area contributed by atoms with Gasteiger partial charge in [-0.1, -0.05) is 12.1 Å². The van der Waals surface area contributed by atoms with Gasteiger partial charge in [-0.3, -0.25) is 4.98 Å². The summed E-state index contributed by atoms with van der Waals surface area (Å²) in [6.45, 7) is 2.15. The average molecular weight is 246 g/mol. The van der Waals surface area contributed by atoms with Crippen molar-refractivity contribution < 1.29 is 9.13 Å². The van der Waals surface area contributed by atoms with Gasteiger partial charge in [-0.25, -0.2) is 4.39 Å². The van der Waals surface area contributed by atoms with Gasteiger partial charge < -0.3 is 10.5 Å². The minimum Gasteiger partial charge on any atom is -0.481 e. The summed E-state index contributed by atoms with van der Waals surface area (Å²) in [4.78, 5) is 4.01. The fourth-order valence-corrected chi connectivity index (χ4v) is 1.67. The lowest BCUT2D eigenvalue weighted by Crippen LogP contribution is -2.19. The number of hydrogen-bond donors (Lipinski definition) is 1. The highest BCUT2D eigenvalue weighted by molar-refractivity contribution is 5.30. The molecule has 0 saturated heterocycles. The van der Waals surface area contributed by atoms with Crippen LogP contribution in [-0.4, -0.2) is 11.5 Å². The zero-order valence-corrected chi connectivity index (χ0v) is 10.1. The van der Waals surface area contributed by atoms with E-state index in [4.69, 9.17) is 10.5 Å². The van der Waals surface area contributed by atoms with Crippen LogP contribution in [0.1, 0.15) is 17.2 Å². The molecule has 3 nitrogen and oxygen atoms in total. The highest BCUT2D eigenvalue weighted by Crippen LogP contribution is 2.24. The van der Waals surface area contributed by atoms with Crippen molar-refractivity contribution in [1.29, 1.82) is 0 Å². The normalized spacial score (nSPS) is 12.2. The number of nitrogens with zero attached hydrogens (tertiary/aromatic N) is 1. The quantitative estimate of drug-likeness (QED) is 0.902. The van der Waals surface area contributed by atoms with E-state index >= 15 is 0 Å². The first-order chi connectivity index (χ1) is 8.70. The Bertz CT molecular complexity index is 516. The lowest BCUT2D eigenvalue weighted by atomic mass is 10.1. The Kier molecular flexibility index (Phi) is 3.89. The minimum atomic E-state index is -0.394. The molecule has 2 rings (SSSR count). The molecule has 1 aromatic heterocycles. The van der Waals surface area contributed by atoms with Crippen LogP contribution >= 0.6 is 0 Å². The van der Waals surface area contributed by atoms with Gasteiger partial charge >= 0.3 is 0 Å². The van der Waals surface area contributed by atoms with Crippen molar-refractivity contribution in [2.75, 3.05) is 6.54 Å². The van der Waals surface area contributed by atoms with Gasteiger partial charge in [0.25, 0.3) is 0 Å². The monoisotopic (exact) mass is 246 g/mol. The van der Waals surface area contributed by atoms with Gasteiger partial charge in [0, 0.05) is 24.5 Å². The van der Waals surface area contributed by atoms with Crippen LogP contribution in [-0.2, 0) is 0 Å². The molecule has 0 aliphatic carbocycles. The Morgan fingerprint density at radius 1 is 1.39 bits per heavy atom. The molecule has 0 spiro atoms. The predicted molar refractivity (Wildman–Crippen MR) is 67.8 cm³/mol. The molecule has 1 atom stereocenters. The Hall–Kier alpha value is -1.94. The van der Waals surface area contributed by atoms with E-state index < -0.39 is 6.10 Å². The molecule has 18 heavy (non-hydrogen) atoms. The van der Waals surface area contributed by atoms with Crippen molar-refractivity contribution in [3.8, 4) is 5.75 Å². The SMILES string of the molecule is Cc1ccc(F)c(OC(CN)c2cccnc2)c1. The van der Waals surface area contributed by atoms with Gasteiger partial charge in [-0.2, -0.15) is 0 Å². The molecule has 4 heteroatoms. The van der Waals surface area contributed by atoms with E-state index in [1.807, 2.05) is 13.0 Å². The van der Waals surface area contributed by atoms with E-state index in [-0.39, 0.29) is 18.1 Å². The molecule has 2 N–H and O–H groups in total. The zero-order chi connectivity index (χ0) is 13.0. The van der Waals surface area contributed by atoms with E-state index in [9.17, 15) is 4.39 Å². The lowest BCUT2D eigenvalue weighted by molar-refractivity contribution is 0.204. The summed E-state index contributed by atoms with van der Waals surface area (Å²) in [6, 6.07) is 8.41. The zero-order valence-electron chi connectivity index (χ0n) is 10.1. The smallest absolute Gasteiger partial charge is 0.165 e. The van der Waals surface area contributed by atoms with Crippen molar-refractivity contribution in [3.05, 3.63) is 59.7 Å². The van der Waals surface area contributed by atoms with Crippen molar-refractivity contribution in [2.24, 2.45) is 5.73 Å². The van der Waals surface area contributed by atoms with Crippen LogP contribution in [0.5, 0.6) is 5.75 Å². The summed E-state index contributed by atoms with van der Waals surface area (Å²) in [5.74, 6) is -0.169. The molecule has 0 aliphatic heterocycles. The van der Waals surface area contributed by atoms with Crippen LogP contribution in [0, 0.1) is 12.7 Å². The standard InChI is InChI=1S/C14H15FN2O/c1-10-4-5-12(15)13(7-10)18-14(8-16)11-3-2-6-17-9-11/h2-7,9,14H,8,16H2,1H3. The maximum atomic E-state index is 13.6. The molecule has 0 amide bonds. The molecular weight excluding hydrogens is 231 g/mol. The van der Waals surface area contributed by atoms with Crippen LogP contribution in [0.15, 0.2) is 42.7 Å². The Morgan fingerprint density at radius 2 is 2.22 bits per heavy atom. The Labute approximate surface area is 105 Å². The maximum Gasteiger partial charge on any atom is 0.165 e. The van der Waals surface area contributed by atoms with E-state index in [0.29, 0.717) is 0 Å². The van der Waals surface area contributed by atoms with Crippen molar-refractivity contribution >= 4 is 0 Å². The molecule has 1 heterocycles. The van der Waals surface area contributed by atoms with Gasteiger partial charge in [0.05, 0.1) is 0 Å². The fourth-order valence-electron chi connectivity index (χ4n) is 1.67. The summed E-state index contributed by atoms with van der Waals surface area (Å²) in [6.07, 6.45) is 2.95. The molecule has 1 unspecified atom stereocenters. The summed E-state index contributed by atoms with van der Waals surface area (Å²) in [5, 5.41) is 0. The topological polar surface area (TPSA) is 48.1 Å². The highest BCUT2D eigenvalue weighted by atomic mass is 19.1. The molecule has 2 aromatic rings. The number of ether oxygens (including phenoxy) is 1. The molecule has 0 saturated carbocycles. The number of benzene rings is 1. The molecule has 1 aromatic carbocycles. The second kappa shape index (κ2) is 5.60. The van der Waals surface area contributed by atoms with Crippen LogP contribution in [0.3, 0.4) is 0 Å². The first-order valence-electron chi connectivity index (χ1n) is 5.73. The minimum absolute atomic E-state index is 0.217. The van der Waals surface area contributed by atoms with Crippen molar-refractivity contribution in [3.63, 3.8) is 0 Å². The number of rotatable bonds is 4. The maximum absolute atomic E-state index is 13.6. The summed E-state index contributed by atoms with van der Waals surface area (Å²) < 4.78 is 19.2. The van der Waals surface area contributed by atoms with Crippen molar-refractivity contribution in [2.45, 2.75) is 13.0 Å². The Balaban J connectivity index is 2.23. The second-order valence-electron chi connectivity index (χ2n) is 4.06. The third-order valence-electron chi connectivity index (χ3n) is 2.63. The number of pyridine rings is 1. The molecule has 0 fully saturated rings. The summed E-state index contributed by atoms with van der Waals surface area (Å²) in [5.41, 5.74) is 7.44. The molecule has 0 radical (unpaired) electrons. The second-order valence-corrected chi connectivity index (χ2v) is 4.06. The van der Waals surface area contributed by atoms with Crippen molar-refractivity contribution in [1.82, 2.24) is 4.98 Å².